The van der Waals surface area contributed by atoms with Crippen molar-refractivity contribution in [3.8, 4) is 0 Å². The minimum Gasteiger partial charge on any atom is -0.395 e. The van der Waals surface area contributed by atoms with Crippen LogP contribution in [0.25, 0.3) is 10.9 Å². The van der Waals surface area contributed by atoms with E-state index in [2.05, 4.69) is 14.7 Å². The van der Waals surface area contributed by atoms with Gasteiger partial charge < -0.3 is 21.8 Å². The fraction of sp³-hybridized carbons (Fsp3) is 0.286. The molecule has 1 fully saturated rings. The van der Waals surface area contributed by atoms with Gasteiger partial charge in [-0.2, -0.15) is 4.37 Å². The Morgan fingerprint density at radius 3 is 2.55 bits per heavy atom. The van der Waals surface area contributed by atoms with Gasteiger partial charge in [-0.25, -0.2) is 0 Å². The van der Waals surface area contributed by atoms with Crippen molar-refractivity contribution in [2.75, 3.05) is 10.6 Å². The summed E-state index contributed by atoms with van der Waals surface area (Å²) in [6.45, 7) is 3.87. The Hall–Kier alpha value is -4.18. The first-order valence-electron chi connectivity index (χ1n) is 12.6. The zero-order chi connectivity index (χ0) is 27.0. The number of H-pyrrole nitrogens is 1. The summed E-state index contributed by atoms with van der Waals surface area (Å²) in [5.74, 6) is -1.63. The van der Waals surface area contributed by atoms with Crippen molar-refractivity contribution in [3.05, 3.63) is 75.9 Å². The topological polar surface area (TPSA) is 147 Å². The molecule has 2 aromatic carbocycles. The number of para-hydroxylation sites is 1. The van der Waals surface area contributed by atoms with Crippen LogP contribution >= 0.6 is 11.5 Å². The van der Waals surface area contributed by atoms with Crippen LogP contribution in [-0.2, 0) is 4.79 Å². The Kier molecular flexibility index (Phi) is 6.90. The number of rotatable bonds is 7. The zero-order valence-corrected chi connectivity index (χ0v) is 22.1. The molecular weight excluding hydrogens is 500 g/mol. The SMILES string of the molecule is Cc1cccc(N(C(=O)c2snc(C(N)=O)c2N)[C@H](C(=O)NC2CCCC2)c2c[nH]c3ccccc23)c1C. The lowest BCUT2D eigenvalue weighted by Crippen LogP contribution is -2.46. The Morgan fingerprint density at radius 2 is 1.84 bits per heavy atom. The number of fused-ring (bicyclic) bond motifs is 1. The monoisotopic (exact) mass is 530 g/mol. The predicted molar refractivity (Wildman–Crippen MR) is 149 cm³/mol. The molecule has 196 valence electrons. The van der Waals surface area contributed by atoms with Gasteiger partial charge in [0.2, 0.25) is 5.91 Å². The number of carbonyl (C=O) groups is 3. The Balaban J connectivity index is 1.72. The fourth-order valence-electron chi connectivity index (χ4n) is 5.17. The number of amides is 3. The maximum absolute atomic E-state index is 14.4. The summed E-state index contributed by atoms with van der Waals surface area (Å²) in [6, 6.07) is 12.3. The molecule has 5 rings (SSSR count). The van der Waals surface area contributed by atoms with Crippen LogP contribution in [0.3, 0.4) is 0 Å². The number of aryl methyl sites for hydroxylation is 1. The molecule has 0 radical (unpaired) electrons. The van der Waals surface area contributed by atoms with E-state index in [4.69, 9.17) is 11.5 Å². The van der Waals surface area contributed by atoms with E-state index in [1.54, 1.807) is 6.20 Å². The molecule has 6 N–H and O–H groups in total. The van der Waals surface area contributed by atoms with Gasteiger partial charge in [0.15, 0.2) is 5.69 Å². The van der Waals surface area contributed by atoms with E-state index >= 15 is 0 Å². The van der Waals surface area contributed by atoms with Gasteiger partial charge in [0.05, 0.1) is 5.69 Å². The molecule has 1 aliphatic rings. The normalized spacial score (nSPS) is 14.5. The summed E-state index contributed by atoms with van der Waals surface area (Å²) in [5.41, 5.74) is 15.3. The van der Waals surface area contributed by atoms with E-state index in [9.17, 15) is 14.4 Å². The van der Waals surface area contributed by atoms with Gasteiger partial charge in [0.1, 0.15) is 10.9 Å². The molecule has 0 bridgehead atoms. The number of nitrogens with one attached hydrogen (secondary N) is 2. The number of nitrogens with zero attached hydrogens (tertiary/aromatic N) is 2. The maximum atomic E-state index is 14.4. The average molecular weight is 531 g/mol. The van der Waals surface area contributed by atoms with E-state index in [-0.39, 0.29) is 28.2 Å². The summed E-state index contributed by atoms with van der Waals surface area (Å²) in [7, 11) is 0. The number of aromatic nitrogens is 2. The summed E-state index contributed by atoms with van der Waals surface area (Å²) >= 11 is 0.802. The second-order valence-corrected chi connectivity index (χ2v) is 10.5. The molecule has 4 aromatic rings. The quantitative estimate of drug-likeness (QED) is 0.280. The molecule has 0 spiro atoms. The second kappa shape index (κ2) is 10.3. The number of carbonyl (C=O) groups excluding carboxylic acids is 3. The molecule has 1 atom stereocenters. The second-order valence-electron chi connectivity index (χ2n) is 9.71. The highest BCUT2D eigenvalue weighted by Gasteiger charge is 2.38. The lowest BCUT2D eigenvalue weighted by molar-refractivity contribution is -0.123. The van der Waals surface area contributed by atoms with Crippen molar-refractivity contribution in [2.24, 2.45) is 5.73 Å². The minimum absolute atomic E-state index is 0.0423. The zero-order valence-electron chi connectivity index (χ0n) is 21.3. The molecule has 3 amide bonds. The standard InChI is InChI=1S/C28H30N6O3S/c1-15-8-7-13-21(16(15)2)34(28(37)25-22(29)23(26(30)35)33-38-25)24(27(36)32-17-9-3-4-10-17)19-14-31-20-12-6-5-11-18(19)20/h5-8,11-14,17,24,31H,3-4,9-10,29H2,1-2H3,(H2,30,35)(H,32,36)/t24-/m0/s1. The lowest BCUT2D eigenvalue weighted by Gasteiger charge is -2.33. The molecule has 0 unspecified atom stereocenters. The Morgan fingerprint density at radius 1 is 1.11 bits per heavy atom. The van der Waals surface area contributed by atoms with Gasteiger partial charge in [-0.05, 0) is 61.5 Å². The highest BCUT2D eigenvalue weighted by atomic mass is 32.1. The third-order valence-corrected chi connectivity index (χ3v) is 8.18. The van der Waals surface area contributed by atoms with Crippen molar-refractivity contribution in [2.45, 2.75) is 51.6 Å². The smallest absolute Gasteiger partial charge is 0.273 e. The van der Waals surface area contributed by atoms with E-state index in [0.717, 1.165) is 59.2 Å². The van der Waals surface area contributed by atoms with E-state index in [1.165, 1.54) is 4.90 Å². The van der Waals surface area contributed by atoms with Crippen LogP contribution in [0, 0.1) is 13.8 Å². The van der Waals surface area contributed by atoms with Crippen molar-refractivity contribution >= 4 is 51.5 Å². The summed E-state index contributed by atoms with van der Waals surface area (Å²) in [4.78, 5) is 45.1. The minimum atomic E-state index is -1.02. The van der Waals surface area contributed by atoms with Crippen LogP contribution in [0.2, 0.25) is 0 Å². The molecule has 1 aliphatic carbocycles. The lowest BCUT2D eigenvalue weighted by atomic mass is 9.99. The third-order valence-electron chi connectivity index (χ3n) is 7.33. The molecule has 10 heteroatoms. The number of nitrogens with two attached hydrogens (primary N) is 2. The summed E-state index contributed by atoms with van der Waals surface area (Å²) < 4.78 is 4.04. The Bertz CT molecular complexity index is 1530. The summed E-state index contributed by atoms with van der Waals surface area (Å²) in [5, 5.41) is 4.03. The van der Waals surface area contributed by atoms with Gasteiger partial charge in [-0.15, -0.1) is 0 Å². The highest BCUT2D eigenvalue weighted by Crippen LogP contribution is 2.38. The van der Waals surface area contributed by atoms with Crippen molar-refractivity contribution in [1.82, 2.24) is 14.7 Å². The summed E-state index contributed by atoms with van der Waals surface area (Å²) in [6.07, 6.45) is 5.67. The van der Waals surface area contributed by atoms with E-state index in [0.29, 0.717) is 11.3 Å². The van der Waals surface area contributed by atoms with Gasteiger partial charge >= 0.3 is 0 Å². The molecule has 1 saturated carbocycles. The molecular formula is C28H30N6O3S. The predicted octanol–water partition coefficient (Wildman–Crippen LogP) is 4.37. The Labute approximate surface area is 224 Å². The molecule has 0 aliphatic heterocycles. The van der Waals surface area contributed by atoms with Gasteiger partial charge in [-0.1, -0.05) is 43.2 Å². The van der Waals surface area contributed by atoms with Gasteiger partial charge in [-0.3, -0.25) is 19.3 Å². The molecule has 2 heterocycles. The molecule has 0 saturated heterocycles. The molecule has 38 heavy (non-hydrogen) atoms. The third kappa shape index (κ3) is 4.51. The van der Waals surface area contributed by atoms with Crippen LogP contribution in [0.15, 0.2) is 48.7 Å². The largest absolute Gasteiger partial charge is 0.395 e. The van der Waals surface area contributed by atoms with E-state index in [1.807, 2.05) is 56.3 Å². The average Bonchev–Trinajstić information content (AvgIpc) is 3.64. The number of hydrogen-bond acceptors (Lipinski definition) is 6. The number of primary amides is 1. The number of anilines is 2. The number of nitrogen functional groups attached to an aromatic ring is 1. The first-order chi connectivity index (χ1) is 18.3. The van der Waals surface area contributed by atoms with Crippen molar-refractivity contribution < 1.29 is 14.4 Å². The fourth-order valence-corrected chi connectivity index (χ4v) is 5.91. The van der Waals surface area contributed by atoms with Crippen LogP contribution < -0.4 is 21.7 Å². The van der Waals surface area contributed by atoms with Crippen LogP contribution in [0.5, 0.6) is 0 Å². The van der Waals surface area contributed by atoms with Crippen LogP contribution in [0.1, 0.15) is 68.6 Å². The van der Waals surface area contributed by atoms with Gasteiger partial charge in [0.25, 0.3) is 11.8 Å². The molecule has 9 nitrogen and oxygen atoms in total. The van der Waals surface area contributed by atoms with Crippen molar-refractivity contribution in [1.29, 1.82) is 0 Å². The highest BCUT2D eigenvalue weighted by molar-refractivity contribution is 7.09. The first kappa shape index (κ1) is 25.5. The van der Waals surface area contributed by atoms with Crippen LogP contribution in [-0.4, -0.2) is 33.1 Å². The number of benzene rings is 2. The van der Waals surface area contributed by atoms with Crippen LogP contribution in [0.4, 0.5) is 11.4 Å². The van der Waals surface area contributed by atoms with E-state index < -0.39 is 17.9 Å². The first-order valence-corrected chi connectivity index (χ1v) is 13.4. The van der Waals surface area contributed by atoms with Crippen molar-refractivity contribution in [3.63, 3.8) is 0 Å². The molecule has 2 aromatic heterocycles. The number of aromatic amines is 1. The number of hydrogen-bond donors (Lipinski definition) is 4. The maximum Gasteiger partial charge on any atom is 0.273 e. The van der Waals surface area contributed by atoms with Gasteiger partial charge in [0, 0.05) is 34.4 Å².